The third kappa shape index (κ3) is 4.14. The molecular weight excluding hydrogens is 323 g/mol. The molecule has 0 spiro atoms. The van der Waals surface area contributed by atoms with Gasteiger partial charge in [-0.05, 0) is 25.1 Å². The van der Waals surface area contributed by atoms with Gasteiger partial charge in [0.15, 0.2) is 5.82 Å². The fourth-order valence-electron chi connectivity index (χ4n) is 1.62. The Hall–Kier alpha value is -2.22. The number of hydrogen-bond acceptors (Lipinski definition) is 4. The summed E-state index contributed by atoms with van der Waals surface area (Å²) >= 11 is 5.80. The maximum atomic E-state index is 12.6. The molecule has 1 aromatic carbocycles. The standard InChI is InChI=1S/C13H11ClF3N3O2/c1-7-4-11(20-22-7)19-12(21)6-18-10-5-8(13(15,16)17)2-3-9(10)14/h2-5,18H,6H2,1H3,(H,19,20,21). The van der Waals surface area contributed by atoms with Crippen LogP contribution >= 0.6 is 11.6 Å². The van der Waals surface area contributed by atoms with E-state index in [1.807, 2.05) is 0 Å². The largest absolute Gasteiger partial charge is 0.416 e. The van der Waals surface area contributed by atoms with Gasteiger partial charge in [-0.1, -0.05) is 16.8 Å². The number of rotatable bonds is 4. The number of carbonyl (C=O) groups is 1. The molecule has 2 aromatic rings. The molecule has 2 rings (SSSR count). The summed E-state index contributed by atoms with van der Waals surface area (Å²) in [5, 5.41) is 8.62. The molecule has 118 valence electrons. The Labute approximate surface area is 128 Å². The summed E-state index contributed by atoms with van der Waals surface area (Å²) in [5.74, 6) is 0.241. The van der Waals surface area contributed by atoms with Crippen LogP contribution in [0.4, 0.5) is 24.7 Å². The van der Waals surface area contributed by atoms with E-state index in [0.29, 0.717) is 5.76 Å². The number of anilines is 2. The van der Waals surface area contributed by atoms with Crippen LogP contribution in [0.5, 0.6) is 0 Å². The number of carbonyl (C=O) groups excluding carboxylic acids is 1. The summed E-state index contributed by atoms with van der Waals surface area (Å²) in [6.45, 7) is 1.39. The third-order valence-electron chi connectivity index (χ3n) is 2.63. The number of nitrogens with zero attached hydrogens (tertiary/aromatic N) is 1. The van der Waals surface area contributed by atoms with Gasteiger partial charge in [-0.3, -0.25) is 4.79 Å². The van der Waals surface area contributed by atoms with E-state index >= 15 is 0 Å². The fourth-order valence-corrected chi connectivity index (χ4v) is 1.81. The maximum Gasteiger partial charge on any atom is 0.416 e. The summed E-state index contributed by atoms with van der Waals surface area (Å²) in [6.07, 6.45) is -4.48. The summed E-state index contributed by atoms with van der Waals surface area (Å²) in [4.78, 5) is 11.7. The lowest BCUT2D eigenvalue weighted by Crippen LogP contribution is -2.22. The number of benzene rings is 1. The normalized spacial score (nSPS) is 11.3. The number of halogens is 4. The van der Waals surface area contributed by atoms with Crippen LogP contribution in [-0.2, 0) is 11.0 Å². The topological polar surface area (TPSA) is 67.2 Å². The van der Waals surface area contributed by atoms with Crippen LogP contribution in [0.1, 0.15) is 11.3 Å². The second kappa shape index (κ2) is 6.27. The number of nitrogens with one attached hydrogen (secondary N) is 2. The van der Waals surface area contributed by atoms with Crippen LogP contribution in [0.15, 0.2) is 28.8 Å². The maximum absolute atomic E-state index is 12.6. The van der Waals surface area contributed by atoms with Crippen LogP contribution < -0.4 is 10.6 Å². The van der Waals surface area contributed by atoms with Crippen LogP contribution in [0.2, 0.25) is 5.02 Å². The highest BCUT2D eigenvalue weighted by molar-refractivity contribution is 6.33. The Balaban J connectivity index is 2.00. The third-order valence-corrected chi connectivity index (χ3v) is 2.96. The highest BCUT2D eigenvalue weighted by Gasteiger charge is 2.30. The predicted octanol–water partition coefficient (Wildman–Crippen LogP) is 3.71. The first-order valence-electron chi connectivity index (χ1n) is 6.09. The van der Waals surface area contributed by atoms with Crippen molar-refractivity contribution in [2.45, 2.75) is 13.1 Å². The molecule has 0 fully saturated rings. The van der Waals surface area contributed by atoms with Gasteiger partial charge in [-0.25, -0.2) is 0 Å². The smallest absolute Gasteiger partial charge is 0.375 e. The Morgan fingerprint density at radius 2 is 2.09 bits per heavy atom. The van der Waals surface area contributed by atoms with E-state index in [0.717, 1.165) is 18.2 Å². The molecule has 0 unspecified atom stereocenters. The van der Waals surface area contributed by atoms with Crippen LogP contribution in [0, 0.1) is 6.92 Å². The van der Waals surface area contributed by atoms with Crippen LogP contribution in [0.25, 0.3) is 0 Å². The van der Waals surface area contributed by atoms with Gasteiger partial charge in [0, 0.05) is 6.07 Å². The fraction of sp³-hybridized carbons (Fsp3) is 0.231. The SMILES string of the molecule is Cc1cc(NC(=O)CNc2cc(C(F)(F)F)ccc2Cl)no1. The van der Waals surface area contributed by atoms with E-state index in [2.05, 4.69) is 15.8 Å². The molecule has 5 nitrogen and oxygen atoms in total. The van der Waals surface area contributed by atoms with Crippen LogP contribution in [-0.4, -0.2) is 17.6 Å². The summed E-state index contributed by atoms with van der Waals surface area (Å²) in [6, 6.07) is 4.34. The van der Waals surface area contributed by atoms with Crippen molar-refractivity contribution in [2.75, 3.05) is 17.2 Å². The molecule has 0 bridgehead atoms. The van der Waals surface area contributed by atoms with Gasteiger partial charge in [-0.15, -0.1) is 0 Å². The molecule has 0 aliphatic heterocycles. The number of alkyl halides is 3. The summed E-state index contributed by atoms with van der Waals surface area (Å²) in [5.41, 5.74) is -0.838. The highest BCUT2D eigenvalue weighted by atomic mass is 35.5. The van der Waals surface area contributed by atoms with Gasteiger partial charge in [-0.2, -0.15) is 13.2 Å². The van der Waals surface area contributed by atoms with Crippen molar-refractivity contribution in [3.8, 4) is 0 Å². The number of amides is 1. The minimum absolute atomic E-state index is 0.0166. The van der Waals surface area contributed by atoms with E-state index in [1.54, 1.807) is 6.92 Å². The summed E-state index contributed by atoms with van der Waals surface area (Å²) in [7, 11) is 0. The lowest BCUT2D eigenvalue weighted by Gasteiger charge is -2.12. The van der Waals surface area contributed by atoms with E-state index in [9.17, 15) is 18.0 Å². The van der Waals surface area contributed by atoms with Gasteiger partial charge in [0.25, 0.3) is 0 Å². The van der Waals surface area contributed by atoms with Gasteiger partial charge in [0.1, 0.15) is 5.76 Å². The molecule has 2 N–H and O–H groups in total. The molecule has 1 aromatic heterocycles. The van der Waals surface area contributed by atoms with Crippen molar-refractivity contribution >= 4 is 29.0 Å². The van der Waals surface area contributed by atoms with Gasteiger partial charge in [0.05, 0.1) is 22.8 Å². The number of aryl methyl sites for hydroxylation is 1. The van der Waals surface area contributed by atoms with Crippen molar-refractivity contribution in [1.29, 1.82) is 0 Å². The van der Waals surface area contributed by atoms with Crippen molar-refractivity contribution in [1.82, 2.24) is 5.16 Å². The molecule has 0 saturated heterocycles. The Morgan fingerprint density at radius 3 is 2.68 bits per heavy atom. The van der Waals surface area contributed by atoms with E-state index in [1.165, 1.54) is 6.07 Å². The summed E-state index contributed by atoms with van der Waals surface area (Å²) < 4.78 is 42.6. The van der Waals surface area contributed by atoms with Crippen LogP contribution in [0.3, 0.4) is 0 Å². The minimum Gasteiger partial charge on any atom is -0.375 e. The van der Waals surface area contributed by atoms with Crippen molar-refractivity contribution in [3.63, 3.8) is 0 Å². The van der Waals surface area contributed by atoms with Gasteiger partial charge < -0.3 is 15.2 Å². The molecule has 1 amide bonds. The molecule has 0 saturated carbocycles. The molecule has 22 heavy (non-hydrogen) atoms. The lowest BCUT2D eigenvalue weighted by molar-refractivity contribution is -0.137. The minimum atomic E-state index is -4.48. The van der Waals surface area contributed by atoms with Crippen molar-refractivity contribution in [3.05, 3.63) is 40.6 Å². The van der Waals surface area contributed by atoms with E-state index < -0.39 is 17.6 Å². The molecule has 0 aliphatic carbocycles. The first-order chi connectivity index (χ1) is 10.3. The zero-order chi connectivity index (χ0) is 16.3. The molecule has 0 radical (unpaired) electrons. The molecule has 9 heteroatoms. The van der Waals surface area contributed by atoms with Gasteiger partial charge >= 0.3 is 6.18 Å². The molecule has 1 heterocycles. The quantitative estimate of drug-likeness (QED) is 0.895. The molecule has 0 atom stereocenters. The Bertz CT molecular complexity index is 685. The average Bonchev–Trinajstić information content (AvgIpc) is 2.81. The van der Waals surface area contributed by atoms with E-state index in [-0.39, 0.29) is 23.1 Å². The number of hydrogen-bond donors (Lipinski definition) is 2. The first kappa shape index (κ1) is 16.2. The van der Waals surface area contributed by atoms with E-state index in [4.69, 9.17) is 16.1 Å². The number of aromatic nitrogens is 1. The Morgan fingerprint density at radius 1 is 1.36 bits per heavy atom. The van der Waals surface area contributed by atoms with Crippen molar-refractivity contribution in [2.24, 2.45) is 0 Å². The second-order valence-electron chi connectivity index (χ2n) is 4.42. The first-order valence-corrected chi connectivity index (χ1v) is 6.47. The zero-order valence-corrected chi connectivity index (χ0v) is 12.0. The average molecular weight is 334 g/mol. The molecular formula is C13H11ClF3N3O2. The predicted molar refractivity (Wildman–Crippen MR) is 74.8 cm³/mol. The van der Waals surface area contributed by atoms with Crippen molar-refractivity contribution < 1.29 is 22.5 Å². The second-order valence-corrected chi connectivity index (χ2v) is 4.82. The zero-order valence-electron chi connectivity index (χ0n) is 11.3. The highest BCUT2D eigenvalue weighted by Crippen LogP contribution is 2.33. The monoisotopic (exact) mass is 333 g/mol. The Kier molecular flexibility index (Phi) is 4.60. The van der Waals surface area contributed by atoms with Gasteiger partial charge in [0.2, 0.25) is 5.91 Å². The molecule has 0 aliphatic rings. The lowest BCUT2D eigenvalue weighted by atomic mass is 10.2.